The highest BCUT2D eigenvalue weighted by molar-refractivity contribution is 6.31. The molecular weight excluding hydrogens is 253 g/mol. The molecular formula is C14H21Cl2N. The van der Waals surface area contributed by atoms with Crippen LogP contribution in [0.5, 0.6) is 0 Å². The molecule has 1 nitrogen and oxygen atoms in total. The summed E-state index contributed by atoms with van der Waals surface area (Å²) in [6.45, 7) is 7.14. The first-order valence-corrected chi connectivity index (χ1v) is 7.04. The van der Waals surface area contributed by atoms with Crippen molar-refractivity contribution >= 4 is 23.2 Å². The van der Waals surface area contributed by atoms with E-state index in [4.69, 9.17) is 23.2 Å². The number of hydrogen-bond acceptors (Lipinski definition) is 1. The van der Waals surface area contributed by atoms with Crippen LogP contribution < -0.4 is 5.32 Å². The highest BCUT2D eigenvalue weighted by Gasteiger charge is 2.24. The van der Waals surface area contributed by atoms with Gasteiger partial charge in [-0.25, -0.2) is 0 Å². The van der Waals surface area contributed by atoms with Crippen LogP contribution in [0, 0.1) is 6.92 Å². The van der Waals surface area contributed by atoms with Crippen LogP contribution in [0.4, 0.5) is 0 Å². The summed E-state index contributed by atoms with van der Waals surface area (Å²) in [5, 5.41) is 4.37. The van der Waals surface area contributed by atoms with Crippen LogP contribution in [0.25, 0.3) is 0 Å². The fourth-order valence-corrected chi connectivity index (χ4v) is 2.59. The van der Waals surface area contributed by atoms with E-state index in [0.29, 0.717) is 5.88 Å². The fourth-order valence-electron chi connectivity index (χ4n) is 1.81. The molecule has 0 aliphatic heterocycles. The smallest absolute Gasteiger partial charge is 0.0453 e. The minimum Gasteiger partial charge on any atom is -0.306 e. The van der Waals surface area contributed by atoms with Crippen molar-refractivity contribution < 1.29 is 0 Å². The lowest BCUT2D eigenvalue weighted by Crippen LogP contribution is -2.45. The Morgan fingerprint density at radius 2 is 1.88 bits per heavy atom. The van der Waals surface area contributed by atoms with Gasteiger partial charge in [-0.3, -0.25) is 0 Å². The Morgan fingerprint density at radius 3 is 2.35 bits per heavy atom. The Balaban J connectivity index is 2.72. The number of halogens is 2. The van der Waals surface area contributed by atoms with Gasteiger partial charge in [-0.1, -0.05) is 37.6 Å². The van der Waals surface area contributed by atoms with Crippen molar-refractivity contribution in [1.29, 1.82) is 0 Å². The second-order valence-corrected chi connectivity index (χ2v) is 5.24. The summed E-state index contributed by atoms with van der Waals surface area (Å²) < 4.78 is 0. The lowest BCUT2D eigenvalue weighted by Gasteiger charge is -2.31. The first-order chi connectivity index (χ1) is 8.06. The standard InChI is InChI=1S/C14H21Cl2N/c1-4-14(5-2,10-15)17-9-12-7-6-11(3)8-13(12)16/h6-8,17H,4-5,9-10H2,1-3H3. The zero-order valence-electron chi connectivity index (χ0n) is 10.8. The van der Waals surface area contributed by atoms with E-state index < -0.39 is 0 Å². The molecule has 0 heterocycles. The van der Waals surface area contributed by atoms with E-state index in [9.17, 15) is 0 Å². The van der Waals surface area contributed by atoms with Gasteiger partial charge in [0.1, 0.15) is 0 Å². The van der Waals surface area contributed by atoms with Gasteiger partial charge in [0.15, 0.2) is 0 Å². The third-order valence-electron chi connectivity index (χ3n) is 3.47. The molecule has 0 unspecified atom stereocenters. The van der Waals surface area contributed by atoms with Crippen molar-refractivity contribution in [2.24, 2.45) is 0 Å². The summed E-state index contributed by atoms with van der Waals surface area (Å²) in [5.41, 5.74) is 2.34. The molecule has 0 atom stereocenters. The highest BCUT2D eigenvalue weighted by atomic mass is 35.5. The molecule has 0 bridgehead atoms. The van der Waals surface area contributed by atoms with E-state index in [-0.39, 0.29) is 5.54 Å². The van der Waals surface area contributed by atoms with Gasteiger partial charge in [-0.15, -0.1) is 11.6 Å². The number of alkyl halides is 1. The van der Waals surface area contributed by atoms with Gasteiger partial charge in [0.2, 0.25) is 0 Å². The molecule has 0 aliphatic rings. The lowest BCUT2D eigenvalue weighted by molar-refractivity contribution is 0.334. The Hall–Kier alpha value is -0.240. The van der Waals surface area contributed by atoms with Crippen molar-refractivity contribution in [2.45, 2.75) is 45.7 Å². The van der Waals surface area contributed by atoms with Crippen LogP contribution in [-0.2, 0) is 6.54 Å². The van der Waals surface area contributed by atoms with Crippen molar-refractivity contribution in [3.05, 3.63) is 34.3 Å². The number of nitrogens with one attached hydrogen (secondary N) is 1. The fraction of sp³-hybridized carbons (Fsp3) is 0.571. The summed E-state index contributed by atoms with van der Waals surface area (Å²) in [7, 11) is 0. The Kier molecular flexibility index (Phi) is 5.78. The first-order valence-electron chi connectivity index (χ1n) is 6.13. The SMILES string of the molecule is CCC(CC)(CCl)NCc1ccc(C)cc1Cl. The molecule has 0 spiro atoms. The monoisotopic (exact) mass is 273 g/mol. The zero-order chi connectivity index (χ0) is 12.9. The van der Waals surface area contributed by atoms with Gasteiger partial charge >= 0.3 is 0 Å². The molecule has 1 aromatic carbocycles. The molecule has 0 amide bonds. The molecule has 1 N–H and O–H groups in total. The van der Waals surface area contributed by atoms with E-state index in [1.54, 1.807) is 0 Å². The van der Waals surface area contributed by atoms with Gasteiger partial charge in [0.25, 0.3) is 0 Å². The average molecular weight is 274 g/mol. The van der Waals surface area contributed by atoms with Crippen LogP contribution in [0.1, 0.15) is 37.8 Å². The maximum absolute atomic E-state index is 6.21. The molecule has 0 fully saturated rings. The predicted octanol–water partition coefficient (Wildman–Crippen LogP) is 4.54. The molecule has 0 aliphatic carbocycles. The van der Waals surface area contributed by atoms with E-state index in [1.165, 1.54) is 5.56 Å². The maximum Gasteiger partial charge on any atom is 0.0453 e. The number of aryl methyl sites for hydroxylation is 1. The van der Waals surface area contributed by atoms with E-state index >= 15 is 0 Å². The zero-order valence-corrected chi connectivity index (χ0v) is 12.3. The summed E-state index contributed by atoms with van der Waals surface area (Å²) in [6.07, 6.45) is 2.05. The van der Waals surface area contributed by atoms with Crippen LogP contribution in [0.2, 0.25) is 5.02 Å². The predicted molar refractivity (Wildman–Crippen MR) is 77.1 cm³/mol. The third-order valence-corrected chi connectivity index (χ3v) is 4.34. The largest absolute Gasteiger partial charge is 0.306 e. The minimum absolute atomic E-state index is 0.0236. The van der Waals surface area contributed by atoms with E-state index in [2.05, 4.69) is 31.3 Å². The molecule has 1 aromatic rings. The van der Waals surface area contributed by atoms with Gasteiger partial charge in [0, 0.05) is 23.0 Å². The van der Waals surface area contributed by atoms with Crippen molar-refractivity contribution in [3.63, 3.8) is 0 Å². The molecule has 96 valence electrons. The van der Waals surface area contributed by atoms with Crippen LogP contribution in [-0.4, -0.2) is 11.4 Å². The first kappa shape index (κ1) is 14.8. The quantitative estimate of drug-likeness (QED) is 0.751. The molecule has 1 rings (SSSR count). The number of hydrogen-bond donors (Lipinski definition) is 1. The molecule has 0 saturated carbocycles. The number of benzene rings is 1. The summed E-state index contributed by atoms with van der Waals surface area (Å²) in [4.78, 5) is 0. The summed E-state index contributed by atoms with van der Waals surface area (Å²) in [6, 6.07) is 6.16. The highest BCUT2D eigenvalue weighted by Crippen LogP contribution is 2.21. The molecule has 0 radical (unpaired) electrons. The van der Waals surface area contributed by atoms with Gasteiger partial charge in [0.05, 0.1) is 0 Å². The van der Waals surface area contributed by atoms with Gasteiger partial charge < -0.3 is 5.32 Å². The second kappa shape index (κ2) is 6.63. The Bertz CT molecular complexity index is 351. The number of rotatable bonds is 6. The molecule has 17 heavy (non-hydrogen) atoms. The topological polar surface area (TPSA) is 12.0 Å². The van der Waals surface area contributed by atoms with Crippen LogP contribution >= 0.6 is 23.2 Å². The molecule has 0 saturated heterocycles. The van der Waals surface area contributed by atoms with Crippen molar-refractivity contribution in [3.8, 4) is 0 Å². The van der Waals surface area contributed by atoms with E-state index in [1.807, 2.05) is 13.0 Å². The Morgan fingerprint density at radius 1 is 1.24 bits per heavy atom. The second-order valence-electron chi connectivity index (χ2n) is 4.57. The Labute approximate surface area is 115 Å². The lowest BCUT2D eigenvalue weighted by atomic mass is 9.95. The van der Waals surface area contributed by atoms with Gasteiger partial charge in [-0.2, -0.15) is 0 Å². The van der Waals surface area contributed by atoms with Gasteiger partial charge in [-0.05, 0) is 37.0 Å². The van der Waals surface area contributed by atoms with Crippen molar-refractivity contribution in [1.82, 2.24) is 5.32 Å². The molecule has 3 heteroatoms. The normalized spacial score (nSPS) is 11.8. The summed E-state index contributed by atoms with van der Waals surface area (Å²) in [5.74, 6) is 0.628. The minimum atomic E-state index is 0.0236. The maximum atomic E-state index is 6.21. The van der Waals surface area contributed by atoms with E-state index in [0.717, 1.165) is 30.0 Å². The van der Waals surface area contributed by atoms with Crippen molar-refractivity contribution in [2.75, 3.05) is 5.88 Å². The third kappa shape index (κ3) is 3.87. The average Bonchev–Trinajstić information content (AvgIpc) is 2.33. The van der Waals surface area contributed by atoms with Crippen LogP contribution in [0.15, 0.2) is 18.2 Å². The molecule has 0 aromatic heterocycles. The summed E-state index contributed by atoms with van der Waals surface area (Å²) >= 11 is 12.3. The van der Waals surface area contributed by atoms with Crippen LogP contribution in [0.3, 0.4) is 0 Å².